The van der Waals surface area contributed by atoms with Crippen molar-refractivity contribution in [1.82, 2.24) is 9.80 Å². The normalized spacial score (nSPS) is 29.8. The largest absolute Gasteiger partial charge is 0.358 e. The van der Waals surface area contributed by atoms with Gasteiger partial charge in [-0.2, -0.15) is 0 Å². The van der Waals surface area contributed by atoms with Gasteiger partial charge < -0.3 is 4.90 Å². The number of rotatable bonds is 3. The molecule has 158 valence electrons. The van der Waals surface area contributed by atoms with Gasteiger partial charge in [0, 0.05) is 12.2 Å². The monoisotopic (exact) mass is 432 g/mol. The molecule has 5 nitrogen and oxygen atoms in total. The number of Topliss-reactive ketones (excluding diaryl/α,β-unsaturated/α-hetero) is 1. The molecular formula is C25H24N2O3S. The number of carbonyl (C=O) groups is 3. The van der Waals surface area contributed by atoms with E-state index < -0.39 is 17.9 Å². The summed E-state index contributed by atoms with van der Waals surface area (Å²) in [7, 11) is 0. The molecule has 0 N–H and O–H groups in total. The third kappa shape index (κ3) is 2.70. The zero-order valence-electron chi connectivity index (χ0n) is 17.1. The van der Waals surface area contributed by atoms with Gasteiger partial charge in [0.25, 0.3) is 0 Å². The van der Waals surface area contributed by atoms with Crippen LogP contribution in [0.15, 0.2) is 48.0 Å². The molecule has 4 atom stereocenters. The van der Waals surface area contributed by atoms with Gasteiger partial charge in [-0.1, -0.05) is 49.6 Å². The smallest absolute Gasteiger partial charge is 0.236 e. The van der Waals surface area contributed by atoms with Gasteiger partial charge in [-0.15, -0.1) is 11.3 Å². The number of amides is 2. The molecule has 2 saturated heterocycles. The molecule has 0 bridgehead atoms. The highest BCUT2D eigenvalue weighted by molar-refractivity contribution is 7.12. The lowest BCUT2D eigenvalue weighted by atomic mass is 9.84. The summed E-state index contributed by atoms with van der Waals surface area (Å²) in [5.41, 5.74) is 2.09. The third-order valence-corrected chi connectivity index (χ3v) is 8.35. The molecule has 3 fully saturated rings. The Morgan fingerprint density at radius 1 is 0.935 bits per heavy atom. The van der Waals surface area contributed by atoms with Crippen LogP contribution in [-0.4, -0.2) is 39.5 Å². The van der Waals surface area contributed by atoms with Gasteiger partial charge in [0.05, 0.1) is 22.8 Å². The van der Waals surface area contributed by atoms with Crippen molar-refractivity contribution in [1.29, 1.82) is 0 Å². The van der Waals surface area contributed by atoms with Crippen LogP contribution < -0.4 is 0 Å². The van der Waals surface area contributed by atoms with E-state index in [1.54, 1.807) is 4.90 Å². The van der Waals surface area contributed by atoms with Gasteiger partial charge in [-0.25, -0.2) is 0 Å². The van der Waals surface area contributed by atoms with E-state index in [0.29, 0.717) is 4.88 Å². The first-order chi connectivity index (χ1) is 15.2. The molecular weight excluding hydrogens is 408 g/mol. The number of nitrogens with zero attached hydrogens (tertiary/aromatic N) is 2. The van der Waals surface area contributed by atoms with E-state index in [2.05, 4.69) is 0 Å². The molecule has 6 heteroatoms. The summed E-state index contributed by atoms with van der Waals surface area (Å²) in [6, 6.07) is 10.8. The maximum Gasteiger partial charge on any atom is 0.236 e. The number of hydrogen-bond acceptors (Lipinski definition) is 5. The minimum Gasteiger partial charge on any atom is -0.358 e. The van der Waals surface area contributed by atoms with Crippen molar-refractivity contribution in [3.05, 3.63) is 64.0 Å². The van der Waals surface area contributed by atoms with Crippen molar-refractivity contribution in [2.75, 3.05) is 0 Å². The Bertz CT molecular complexity index is 1090. The maximum absolute atomic E-state index is 13.8. The lowest BCUT2D eigenvalue weighted by Gasteiger charge is -2.37. The Kier molecular flexibility index (Phi) is 4.39. The van der Waals surface area contributed by atoms with Crippen LogP contribution in [-0.2, 0) is 9.59 Å². The predicted octanol–water partition coefficient (Wildman–Crippen LogP) is 4.27. The lowest BCUT2D eigenvalue weighted by molar-refractivity contribution is -0.144. The van der Waals surface area contributed by atoms with Gasteiger partial charge in [-0.05, 0) is 41.5 Å². The first-order valence-corrected chi connectivity index (χ1v) is 12.0. The Morgan fingerprint density at radius 3 is 2.48 bits per heavy atom. The summed E-state index contributed by atoms with van der Waals surface area (Å²) < 4.78 is 0. The molecule has 4 heterocycles. The Morgan fingerprint density at radius 2 is 1.71 bits per heavy atom. The molecule has 1 saturated carbocycles. The van der Waals surface area contributed by atoms with Crippen molar-refractivity contribution < 1.29 is 14.4 Å². The van der Waals surface area contributed by atoms with Crippen molar-refractivity contribution in [3.63, 3.8) is 0 Å². The van der Waals surface area contributed by atoms with E-state index >= 15 is 0 Å². The fraction of sp³-hybridized carbons (Fsp3) is 0.400. The molecule has 1 aliphatic carbocycles. The van der Waals surface area contributed by atoms with E-state index in [9.17, 15) is 14.4 Å². The van der Waals surface area contributed by atoms with Crippen molar-refractivity contribution in [2.45, 2.75) is 50.2 Å². The quantitative estimate of drug-likeness (QED) is 0.537. The molecule has 0 unspecified atom stereocenters. The van der Waals surface area contributed by atoms with Crippen LogP contribution in [0.4, 0.5) is 0 Å². The molecule has 3 aliphatic heterocycles. The van der Waals surface area contributed by atoms with E-state index in [1.807, 2.05) is 59.0 Å². The van der Waals surface area contributed by atoms with Gasteiger partial charge in [0.2, 0.25) is 11.8 Å². The van der Waals surface area contributed by atoms with Crippen molar-refractivity contribution in [3.8, 4) is 0 Å². The highest BCUT2D eigenvalue weighted by Gasteiger charge is 2.65. The van der Waals surface area contributed by atoms with Gasteiger partial charge in [-0.3, -0.25) is 19.3 Å². The number of benzene rings is 1. The summed E-state index contributed by atoms with van der Waals surface area (Å²) in [5.74, 6) is -1.40. The second-order valence-electron chi connectivity index (χ2n) is 9.01. The topological polar surface area (TPSA) is 57.7 Å². The van der Waals surface area contributed by atoms with Crippen molar-refractivity contribution in [2.24, 2.45) is 11.8 Å². The zero-order chi connectivity index (χ0) is 21.1. The number of hydrogen-bond donors (Lipinski definition) is 0. The summed E-state index contributed by atoms with van der Waals surface area (Å²) in [4.78, 5) is 45.3. The average Bonchev–Trinajstić information content (AvgIpc) is 3.50. The second kappa shape index (κ2) is 7.16. The predicted molar refractivity (Wildman–Crippen MR) is 118 cm³/mol. The maximum atomic E-state index is 13.8. The van der Waals surface area contributed by atoms with Crippen LogP contribution >= 0.6 is 11.3 Å². The van der Waals surface area contributed by atoms with Crippen LogP contribution in [0.1, 0.15) is 58.9 Å². The van der Waals surface area contributed by atoms with Gasteiger partial charge in [0.15, 0.2) is 5.78 Å². The van der Waals surface area contributed by atoms with Gasteiger partial charge >= 0.3 is 0 Å². The van der Waals surface area contributed by atoms with Crippen LogP contribution in [0.5, 0.6) is 0 Å². The fourth-order valence-corrected chi connectivity index (χ4v) is 6.84. The average molecular weight is 433 g/mol. The lowest BCUT2D eigenvalue weighted by Crippen LogP contribution is -2.47. The number of fused-ring (bicyclic) bond motifs is 5. The Balaban J connectivity index is 1.47. The third-order valence-electron chi connectivity index (χ3n) is 7.47. The SMILES string of the molecule is O=C(c1cccs1)[C@@H]1[C@@H]2C(=O)N(C3CCCCC3)C(=O)[C@@H]2[C@@H]2c3ccccc3C=CN12. The molecule has 2 amide bonds. The molecule has 31 heavy (non-hydrogen) atoms. The van der Waals surface area contributed by atoms with Crippen LogP contribution in [0, 0.1) is 11.8 Å². The van der Waals surface area contributed by atoms with E-state index in [-0.39, 0.29) is 29.7 Å². The first-order valence-electron chi connectivity index (χ1n) is 11.2. The number of likely N-dealkylation sites (tertiary alicyclic amines) is 1. The standard InChI is InChI=1S/C25H24N2O3S/c28-23(18-11-6-14-31-18)22-20-19(21-17-10-5-4-7-15(17)12-13-26(21)22)24(29)27(25(20)30)16-8-2-1-3-9-16/h4-7,10-14,16,19-22H,1-3,8-9H2/t19-,20+,21-,22-/m0/s1. The number of carbonyl (C=O) groups excluding carboxylic acids is 3. The van der Waals surface area contributed by atoms with E-state index in [0.717, 1.165) is 43.2 Å². The zero-order valence-corrected chi connectivity index (χ0v) is 18.0. The summed E-state index contributed by atoms with van der Waals surface area (Å²) >= 11 is 1.40. The highest BCUT2D eigenvalue weighted by atomic mass is 32.1. The summed E-state index contributed by atoms with van der Waals surface area (Å²) in [6.45, 7) is 0. The number of imide groups is 1. The minimum absolute atomic E-state index is 0.0142. The summed E-state index contributed by atoms with van der Waals surface area (Å²) in [5, 5.41) is 1.88. The molecule has 1 aromatic heterocycles. The van der Waals surface area contributed by atoms with Crippen LogP contribution in [0.25, 0.3) is 6.08 Å². The summed E-state index contributed by atoms with van der Waals surface area (Å²) in [6.07, 6.45) is 8.94. The number of thiophene rings is 1. The van der Waals surface area contributed by atoms with Gasteiger partial charge in [0.1, 0.15) is 6.04 Å². The first kappa shape index (κ1) is 19.0. The number of ketones is 1. The minimum atomic E-state index is -0.636. The molecule has 1 aromatic carbocycles. The Hall–Kier alpha value is -2.73. The van der Waals surface area contributed by atoms with E-state index in [4.69, 9.17) is 0 Å². The van der Waals surface area contributed by atoms with Crippen LogP contribution in [0.3, 0.4) is 0 Å². The molecule has 0 radical (unpaired) electrons. The van der Waals surface area contributed by atoms with E-state index in [1.165, 1.54) is 11.3 Å². The fourth-order valence-electron chi connectivity index (χ4n) is 6.14. The molecule has 4 aliphatic rings. The Labute approximate surface area is 185 Å². The van der Waals surface area contributed by atoms with Crippen LogP contribution in [0.2, 0.25) is 0 Å². The molecule has 6 rings (SSSR count). The second-order valence-corrected chi connectivity index (χ2v) is 9.96. The molecule has 2 aromatic rings. The van der Waals surface area contributed by atoms with Crippen molar-refractivity contribution >= 4 is 35.0 Å². The highest BCUT2D eigenvalue weighted by Crippen LogP contribution is 2.54. The molecule has 0 spiro atoms.